The van der Waals surface area contributed by atoms with Gasteiger partial charge in [-0.2, -0.15) is 0 Å². The summed E-state index contributed by atoms with van der Waals surface area (Å²) < 4.78 is 0. The Balaban J connectivity index is 3.14. The van der Waals surface area contributed by atoms with Crippen LogP contribution in [-0.2, 0) is 0 Å². The third-order valence-corrected chi connectivity index (χ3v) is 4.12. The molecule has 2 nitrogen and oxygen atoms in total. The second-order valence-corrected chi connectivity index (χ2v) is 7.86. The Morgan fingerprint density at radius 1 is 1.12 bits per heavy atom. The van der Waals surface area contributed by atoms with Crippen LogP contribution in [0.25, 0.3) is 0 Å². The van der Waals surface area contributed by atoms with E-state index in [4.69, 9.17) is 5.73 Å². The first kappa shape index (κ1) is 14.0. The van der Waals surface area contributed by atoms with Gasteiger partial charge in [-0.05, 0) is 39.0 Å². The zero-order valence-electron chi connectivity index (χ0n) is 12.4. The predicted molar refractivity (Wildman–Crippen MR) is 71.5 cm³/mol. The molecule has 16 heavy (non-hydrogen) atoms. The van der Waals surface area contributed by atoms with Crippen molar-refractivity contribution in [1.29, 1.82) is 0 Å². The highest BCUT2D eigenvalue weighted by molar-refractivity contribution is 5.11. The molecule has 0 amide bonds. The minimum Gasteiger partial charge on any atom is -0.324 e. The fourth-order valence-corrected chi connectivity index (χ4v) is 3.26. The highest BCUT2D eigenvalue weighted by atomic mass is 15.3. The maximum atomic E-state index is 6.60. The molecule has 3 atom stereocenters. The largest absolute Gasteiger partial charge is 0.324 e. The number of rotatable bonds is 0. The maximum absolute atomic E-state index is 6.60. The van der Waals surface area contributed by atoms with Crippen LogP contribution in [0, 0.1) is 11.3 Å². The third-order valence-electron chi connectivity index (χ3n) is 4.12. The first-order valence-electron chi connectivity index (χ1n) is 6.44. The molecule has 1 heterocycles. The van der Waals surface area contributed by atoms with Crippen LogP contribution >= 0.6 is 0 Å². The summed E-state index contributed by atoms with van der Waals surface area (Å²) in [7, 11) is 0. The molecule has 1 fully saturated rings. The van der Waals surface area contributed by atoms with Crippen LogP contribution in [0.5, 0.6) is 0 Å². The number of nitrogens with two attached hydrogens (primary N) is 1. The number of hydrogen-bond acceptors (Lipinski definition) is 2. The van der Waals surface area contributed by atoms with E-state index in [0.29, 0.717) is 12.0 Å². The maximum Gasteiger partial charge on any atom is 0.0329 e. The van der Waals surface area contributed by atoms with Gasteiger partial charge in [-0.25, -0.2) is 0 Å². The summed E-state index contributed by atoms with van der Waals surface area (Å²) in [4.78, 5) is 2.59. The fraction of sp³-hybridized carbons (Fsp3) is 1.00. The topological polar surface area (TPSA) is 29.3 Å². The first-order valence-corrected chi connectivity index (χ1v) is 6.44. The van der Waals surface area contributed by atoms with Gasteiger partial charge in [-0.3, -0.25) is 4.90 Å². The van der Waals surface area contributed by atoms with Gasteiger partial charge in [0.25, 0.3) is 0 Å². The highest BCUT2D eigenvalue weighted by Gasteiger charge is 2.53. The second kappa shape index (κ2) is 3.71. The van der Waals surface area contributed by atoms with Crippen LogP contribution in [0.4, 0.5) is 0 Å². The van der Waals surface area contributed by atoms with Crippen LogP contribution in [0.2, 0.25) is 0 Å². The van der Waals surface area contributed by atoms with Gasteiger partial charge < -0.3 is 5.73 Å². The van der Waals surface area contributed by atoms with Crippen LogP contribution in [-0.4, -0.2) is 28.6 Å². The Hall–Kier alpha value is -0.0800. The molecule has 1 rings (SSSR count). The summed E-state index contributed by atoms with van der Waals surface area (Å²) in [6.45, 7) is 19.4. The normalized spacial score (nSPS) is 38.1. The monoisotopic (exact) mass is 226 g/mol. The molecule has 2 heteroatoms. The van der Waals surface area contributed by atoms with Crippen molar-refractivity contribution >= 4 is 0 Å². The molecule has 1 aliphatic heterocycles. The van der Waals surface area contributed by atoms with Crippen LogP contribution < -0.4 is 5.73 Å². The van der Waals surface area contributed by atoms with E-state index in [1.165, 1.54) is 0 Å². The molecule has 2 N–H and O–H groups in total. The molecule has 0 radical (unpaired) electrons. The van der Waals surface area contributed by atoms with Crippen molar-refractivity contribution in [3.05, 3.63) is 0 Å². The molecule has 0 bridgehead atoms. The van der Waals surface area contributed by atoms with Gasteiger partial charge in [0.2, 0.25) is 0 Å². The molecule has 0 spiro atoms. The number of likely N-dealkylation sites (tertiary alicyclic amines) is 1. The minimum atomic E-state index is -0.0917. The summed E-state index contributed by atoms with van der Waals surface area (Å²) in [5.41, 5.74) is 6.93. The number of hydrogen-bond donors (Lipinski definition) is 1. The van der Waals surface area contributed by atoms with Gasteiger partial charge in [0, 0.05) is 23.7 Å². The van der Waals surface area contributed by atoms with Gasteiger partial charge in [-0.15, -0.1) is 0 Å². The van der Waals surface area contributed by atoms with Gasteiger partial charge in [0.15, 0.2) is 0 Å². The van der Waals surface area contributed by atoms with Crippen LogP contribution in [0.3, 0.4) is 0 Å². The van der Waals surface area contributed by atoms with E-state index in [1.807, 2.05) is 0 Å². The van der Waals surface area contributed by atoms with E-state index < -0.39 is 0 Å². The van der Waals surface area contributed by atoms with Crippen molar-refractivity contribution in [2.24, 2.45) is 17.1 Å². The molecule has 1 unspecified atom stereocenters. The Bertz CT molecular complexity index is 255. The summed E-state index contributed by atoms with van der Waals surface area (Å²) in [5, 5.41) is 0. The molecule has 0 aromatic heterocycles. The average Bonchev–Trinajstić information content (AvgIpc) is 2.20. The first-order chi connectivity index (χ1) is 6.88. The lowest BCUT2D eigenvalue weighted by molar-refractivity contribution is 0.0343. The van der Waals surface area contributed by atoms with E-state index >= 15 is 0 Å². The van der Waals surface area contributed by atoms with E-state index in [9.17, 15) is 0 Å². The molecule has 0 aromatic carbocycles. The Labute approximate surface area is 102 Å². The summed E-state index contributed by atoms with van der Waals surface area (Å²) in [6.07, 6.45) is 0. The Morgan fingerprint density at radius 2 is 1.56 bits per heavy atom. The molecule has 96 valence electrons. The zero-order chi connectivity index (χ0) is 12.9. The van der Waals surface area contributed by atoms with Crippen LogP contribution in [0.1, 0.15) is 55.4 Å². The minimum absolute atomic E-state index is 0.0917. The summed E-state index contributed by atoms with van der Waals surface area (Å²) in [5.74, 6) is 0.552. The van der Waals surface area contributed by atoms with Crippen molar-refractivity contribution in [1.82, 2.24) is 4.90 Å². The van der Waals surface area contributed by atoms with E-state index in [2.05, 4.69) is 60.3 Å². The van der Waals surface area contributed by atoms with Crippen molar-refractivity contribution in [2.45, 2.75) is 72.5 Å². The molecule has 0 aliphatic carbocycles. The molecular formula is C14H30N2. The van der Waals surface area contributed by atoms with Crippen molar-refractivity contribution in [3.63, 3.8) is 0 Å². The summed E-state index contributed by atoms with van der Waals surface area (Å²) >= 11 is 0. The molecule has 1 aliphatic rings. The Morgan fingerprint density at radius 3 is 1.81 bits per heavy atom. The predicted octanol–water partition coefficient (Wildman–Crippen LogP) is 2.87. The van der Waals surface area contributed by atoms with Crippen molar-refractivity contribution < 1.29 is 0 Å². The lowest BCUT2D eigenvalue weighted by Crippen LogP contribution is -2.60. The standard InChI is InChI=1S/C14H30N2/c1-10-9-16(13(5,6)7)11(12(2,3)4)14(10,8)15/h10-11H,9,15H2,1-8H3/t10-,11?,14+/m0/s1. The Kier molecular flexibility index (Phi) is 3.24. The molecular weight excluding hydrogens is 196 g/mol. The zero-order valence-corrected chi connectivity index (χ0v) is 12.4. The van der Waals surface area contributed by atoms with Crippen LogP contribution in [0.15, 0.2) is 0 Å². The second-order valence-electron chi connectivity index (χ2n) is 7.86. The third kappa shape index (κ3) is 2.28. The van der Waals surface area contributed by atoms with E-state index in [1.54, 1.807) is 0 Å². The van der Waals surface area contributed by atoms with E-state index in [-0.39, 0.29) is 16.5 Å². The van der Waals surface area contributed by atoms with Gasteiger partial charge >= 0.3 is 0 Å². The lowest BCUT2D eigenvalue weighted by atomic mass is 9.72. The highest BCUT2D eigenvalue weighted by Crippen LogP contribution is 2.44. The quantitative estimate of drug-likeness (QED) is 0.688. The molecule has 0 saturated carbocycles. The smallest absolute Gasteiger partial charge is 0.0329 e. The number of nitrogens with zero attached hydrogens (tertiary/aromatic N) is 1. The van der Waals surface area contributed by atoms with E-state index in [0.717, 1.165) is 6.54 Å². The van der Waals surface area contributed by atoms with Gasteiger partial charge in [0.05, 0.1) is 0 Å². The SMILES string of the molecule is C[C@H]1CN(C(C)(C)C)C(C(C)(C)C)[C@]1(C)N. The molecule has 1 saturated heterocycles. The fourth-order valence-electron chi connectivity index (χ4n) is 3.26. The summed E-state index contributed by atoms with van der Waals surface area (Å²) in [6, 6.07) is 0.440. The van der Waals surface area contributed by atoms with Gasteiger partial charge in [0.1, 0.15) is 0 Å². The van der Waals surface area contributed by atoms with Crippen molar-refractivity contribution in [3.8, 4) is 0 Å². The van der Waals surface area contributed by atoms with Gasteiger partial charge in [-0.1, -0.05) is 27.7 Å². The lowest BCUT2D eigenvalue weighted by Gasteiger charge is -2.47. The van der Waals surface area contributed by atoms with Crippen molar-refractivity contribution in [2.75, 3.05) is 6.54 Å². The average molecular weight is 226 g/mol. The molecule has 0 aromatic rings.